The zero-order chi connectivity index (χ0) is 11.1. The molecule has 1 spiro atoms. The number of ether oxygens (including phenoxy) is 1. The van der Waals surface area contributed by atoms with Crippen LogP contribution in [0.1, 0.15) is 19.3 Å². The molecular weight excluding hydrogens is 282 g/mol. The van der Waals surface area contributed by atoms with Crippen LogP contribution in [0.25, 0.3) is 0 Å². The van der Waals surface area contributed by atoms with Crippen LogP contribution in [0, 0.1) is 0 Å². The van der Waals surface area contributed by atoms with Crippen molar-refractivity contribution in [3.8, 4) is 0 Å². The highest BCUT2D eigenvalue weighted by Gasteiger charge is 2.43. The minimum absolute atomic E-state index is 0.0602. The fraction of sp³-hybridized carbons (Fsp3) is 1.00. The Bertz CT molecular complexity index is 335. The van der Waals surface area contributed by atoms with Gasteiger partial charge in [-0.1, -0.05) is 15.9 Å². The number of hydrogen-bond donors (Lipinski definition) is 0. The number of sulfonamides is 1. The molecule has 2 fully saturated rings. The largest absolute Gasteiger partial charge is 0.374 e. The number of piperidine rings is 1. The van der Waals surface area contributed by atoms with Gasteiger partial charge >= 0.3 is 0 Å². The summed E-state index contributed by atoms with van der Waals surface area (Å²) in [5, 5.41) is 0. The molecule has 88 valence electrons. The van der Waals surface area contributed by atoms with Crippen molar-refractivity contribution in [2.75, 3.05) is 26.0 Å². The van der Waals surface area contributed by atoms with Crippen molar-refractivity contribution in [1.82, 2.24) is 4.31 Å². The monoisotopic (exact) mass is 297 g/mol. The van der Waals surface area contributed by atoms with Gasteiger partial charge in [-0.2, -0.15) is 0 Å². The van der Waals surface area contributed by atoms with Gasteiger partial charge in [0.2, 0.25) is 10.0 Å². The molecular formula is C9H16BrNO3S. The van der Waals surface area contributed by atoms with Gasteiger partial charge in [0.15, 0.2) is 0 Å². The number of nitrogens with zero attached hydrogens (tertiary/aromatic N) is 1. The van der Waals surface area contributed by atoms with Crippen LogP contribution in [-0.4, -0.2) is 49.1 Å². The van der Waals surface area contributed by atoms with E-state index in [1.165, 1.54) is 6.26 Å². The summed E-state index contributed by atoms with van der Waals surface area (Å²) >= 11 is 3.55. The standard InChI is InChI=1S/C9H16BrNO3S/c1-15(12,13)11-4-2-9(3-5-11)6-8(10)7-14-9/h8H,2-7H2,1H3/t8-/m1/s1. The third-order valence-electron chi connectivity index (χ3n) is 3.27. The topological polar surface area (TPSA) is 46.6 Å². The van der Waals surface area contributed by atoms with Crippen LogP contribution in [0.3, 0.4) is 0 Å². The molecule has 2 saturated heterocycles. The molecule has 2 aliphatic heterocycles. The van der Waals surface area contributed by atoms with Crippen molar-refractivity contribution in [1.29, 1.82) is 0 Å². The Morgan fingerprint density at radius 1 is 1.40 bits per heavy atom. The van der Waals surface area contributed by atoms with Gasteiger partial charge in [0, 0.05) is 17.9 Å². The van der Waals surface area contributed by atoms with E-state index >= 15 is 0 Å². The van der Waals surface area contributed by atoms with E-state index in [1.54, 1.807) is 4.31 Å². The first-order chi connectivity index (χ1) is 6.91. The lowest BCUT2D eigenvalue weighted by molar-refractivity contribution is -0.0307. The van der Waals surface area contributed by atoms with Gasteiger partial charge in [0.25, 0.3) is 0 Å². The molecule has 0 aromatic rings. The van der Waals surface area contributed by atoms with E-state index in [9.17, 15) is 8.42 Å². The van der Waals surface area contributed by atoms with E-state index in [4.69, 9.17) is 4.74 Å². The van der Waals surface area contributed by atoms with Gasteiger partial charge in [0.1, 0.15) is 0 Å². The van der Waals surface area contributed by atoms with Crippen LogP contribution in [0.4, 0.5) is 0 Å². The molecule has 2 aliphatic rings. The molecule has 0 aromatic carbocycles. The zero-order valence-corrected chi connectivity index (χ0v) is 11.2. The van der Waals surface area contributed by atoms with Crippen LogP contribution >= 0.6 is 15.9 Å². The molecule has 2 rings (SSSR count). The van der Waals surface area contributed by atoms with E-state index in [2.05, 4.69) is 15.9 Å². The Kier molecular flexibility index (Phi) is 3.14. The van der Waals surface area contributed by atoms with Crippen LogP contribution in [-0.2, 0) is 14.8 Å². The molecule has 15 heavy (non-hydrogen) atoms. The maximum Gasteiger partial charge on any atom is 0.211 e. The highest BCUT2D eigenvalue weighted by Crippen LogP contribution is 2.38. The van der Waals surface area contributed by atoms with E-state index in [0.717, 1.165) is 25.9 Å². The third kappa shape index (κ3) is 2.54. The van der Waals surface area contributed by atoms with Crippen molar-refractivity contribution in [3.05, 3.63) is 0 Å². The quantitative estimate of drug-likeness (QED) is 0.678. The first-order valence-corrected chi connectivity index (χ1v) is 7.91. The predicted octanol–water partition coefficient (Wildman–Crippen LogP) is 0.964. The fourth-order valence-corrected chi connectivity index (χ4v) is 3.93. The van der Waals surface area contributed by atoms with Crippen LogP contribution < -0.4 is 0 Å². The number of halogens is 1. The van der Waals surface area contributed by atoms with E-state index in [-0.39, 0.29) is 5.60 Å². The maximum absolute atomic E-state index is 11.3. The minimum Gasteiger partial charge on any atom is -0.374 e. The Morgan fingerprint density at radius 3 is 2.40 bits per heavy atom. The summed E-state index contributed by atoms with van der Waals surface area (Å²) in [6, 6.07) is 0. The highest BCUT2D eigenvalue weighted by atomic mass is 79.9. The average Bonchev–Trinajstić information content (AvgIpc) is 2.47. The molecule has 0 saturated carbocycles. The van der Waals surface area contributed by atoms with Crippen molar-refractivity contribution < 1.29 is 13.2 Å². The summed E-state index contributed by atoms with van der Waals surface area (Å²) < 4.78 is 30.0. The molecule has 6 heteroatoms. The summed E-state index contributed by atoms with van der Waals surface area (Å²) in [7, 11) is -3.02. The zero-order valence-electron chi connectivity index (χ0n) is 8.78. The second-order valence-corrected chi connectivity index (χ2v) is 7.73. The third-order valence-corrected chi connectivity index (χ3v) is 5.16. The van der Waals surface area contributed by atoms with Gasteiger partial charge in [-0.05, 0) is 19.3 Å². The minimum atomic E-state index is -3.02. The number of rotatable bonds is 1. The van der Waals surface area contributed by atoms with Crippen molar-refractivity contribution in [2.45, 2.75) is 29.7 Å². The molecule has 1 atom stereocenters. The molecule has 0 aliphatic carbocycles. The van der Waals surface area contributed by atoms with Crippen molar-refractivity contribution >= 4 is 26.0 Å². The molecule has 4 nitrogen and oxygen atoms in total. The molecule has 0 amide bonds. The fourth-order valence-electron chi connectivity index (χ4n) is 2.36. The van der Waals surface area contributed by atoms with E-state index < -0.39 is 10.0 Å². The summed E-state index contributed by atoms with van der Waals surface area (Å²) in [5.41, 5.74) is -0.0602. The van der Waals surface area contributed by atoms with Gasteiger partial charge in [-0.15, -0.1) is 0 Å². The summed E-state index contributed by atoms with van der Waals surface area (Å²) in [6.45, 7) is 1.94. The molecule has 2 heterocycles. The summed E-state index contributed by atoms with van der Waals surface area (Å²) in [5.74, 6) is 0. The Balaban J connectivity index is 1.98. The van der Waals surface area contributed by atoms with Gasteiger partial charge in [-0.25, -0.2) is 12.7 Å². The number of alkyl halides is 1. The highest BCUT2D eigenvalue weighted by molar-refractivity contribution is 9.09. The van der Waals surface area contributed by atoms with Crippen molar-refractivity contribution in [3.63, 3.8) is 0 Å². The molecule has 0 bridgehead atoms. The molecule has 0 radical (unpaired) electrons. The lowest BCUT2D eigenvalue weighted by Gasteiger charge is -2.37. The predicted molar refractivity (Wildman–Crippen MR) is 61.7 cm³/mol. The Labute approximate surface area is 99.1 Å². The lowest BCUT2D eigenvalue weighted by atomic mass is 9.90. The van der Waals surface area contributed by atoms with Gasteiger partial charge in [0.05, 0.1) is 18.5 Å². The molecule has 0 unspecified atom stereocenters. The van der Waals surface area contributed by atoms with Crippen molar-refractivity contribution in [2.24, 2.45) is 0 Å². The first-order valence-electron chi connectivity index (χ1n) is 5.14. The SMILES string of the molecule is CS(=O)(=O)N1CCC2(CC1)C[C@@H](Br)CO2. The van der Waals surface area contributed by atoms with Gasteiger partial charge in [-0.3, -0.25) is 0 Å². The Hall–Kier alpha value is 0.350. The maximum atomic E-state index is 11.3. The normalized spacial score (nSPS) is 32.3. The lowest BCUT2D eigenvalue weighted by Crippen LogP contribution is -2.46. The first kappa shape index (κ1) is 11.8. The number of hydrogen-bond acceptors (Lipinski definition) is 3. The second-order valence-electron chi connectivity index (χ2n) is 4.46. The van der Waals surface area contributed by atoms with Crippen LogP contribution in [0.15, 0.2) is 0 Å². The smallest absolute Gasteiger partial charge is 0.211 e. The summed E-state index contributed by atoms with van der Waals surface area (Å²) in [4.78, 5) is 0.433. The Morgan fingerprint density at radius 2 is 2.00 bits per heavy atom. The van der Waals surface area contributed by atoms with Crippen LogP contribution in [0.2, 0.25) is 0 Å². The molecule has 0 N–H and O–H groups in total. The van der Waals surface area contributed by atoms with E-state index in [0.29, 0.717) is 17.9 Å². The average molecular weight is 298 g/mol. The summed E-state index contributed by atoms with van der Waals surface area (Å²) in [6.07, 6.45) is 3.92. The molecule has 0 aromatic heterocycles. The van der Waals surface area contributed by atoms with Gasteiger partial charge < -0.3 is 4.74 Å². The van der Waals surface area contributed by atoms with Crippen LogP contribution in [0.5, 0.6) is 0 Å². The second kappa shape index (κ2) is 3.98. The van der Waals surface area contributed by atoms with E-state index in [1.807, 2.05) is 0 Å².